The molecule has 12 heteroatoms. The maximum Gasteiger partial charge on any atom is 0.335 e. The minimum atomic E-state index is -2.81. The van der Waals surface area contributed by atoms with Gasteiger partial charge in [0, 0.05) is 23.8 Å². The highest BCUT2D eigenvalue weighted by Gasteiger charge is 2.48. The van der Waals surface area contributed by atoms with Crippen molar-refractivity contribution in [3.63, 3.8) is 0 Å². The Kier molecular flexibility index (Phi) is 5.10. The Balaban J connectivity index is 1.69. The van der Waals surface area contributed by atoms with Crippen LogP contribution >= 0.6 is 0 Å². The summed E-state index contributed by atoms with van der Waals surface area (Å²) in [5, 5.41) is 59.3. The van der Waals surface area contributed by atoms with E-state index >= 15 is 0 Å². The van der Waals surface area contributed by atoms with E-state index in [-0.39, 0.29) is 33.8 Å². The van der Waals surface area contributed by atoms with Gasteiger partial charge in [-0.2, -0.15) is 0 Å². The number of methoxy groups -OCH3 is 1. The lowest BCUT2D eigenvalue weighted by Gasteiger charge is -2.38. The number of benzene rings is 2. The van der Waals surface area contributed by atoms with Crippen LogP contribution in [0.5, 0.6) is 23.0 Å². The van der Waals surface area contributed by atoms with Gasteiger partial charge in [-0.1, -0.05) is 0 Å². The molecule has 0 aliphatic carbocycles. The molecule has 0 unspecified atom stereocenters. The molecule has 2 aromatic carbocycles. The van der Waals surface area contributed by atoms with Gasteiger partial charge in [0.15, 0.2) is 23.0 Å². The van der Waals surface area contributed by atoms with Gasteiger partial charge in [0.05, 0.1) is 11.2 Å². The van der Waals surface area contributed by atoms with Crippen molar-refractivity contribution < 1.29 is 58.2 Å². The maximum absolute atomic E-state index is 12.7. The highest BCUT2D eigenvalue weighted by molar-refractivity contribution is 5.86. The Morgan fingerprint density at radius 2 is 1.79 bits per heavy atom. The average molecular weight is 479 g/mol. The molecule has 0 radical (unpaired) electrons. The van der Waals surface area contributed by atoms with Crippen LogP contribution < -0.4 is 14.9 Å². The summed E-state index contributed by atoms with van der Waals surface area (Å²) in [7, 11) is -2.81. The average Bonchev–Trinajstić information content (AvgIpc) is 2.79. The van der Waals surface area contributed by atoms with Gasteiger partial charge in [-0.05, 0) is 18.2 Å². The summed E-state index contributed by atoms with van der Waals surface area (Å²) in [5.41, 5.74) is -0.769. The van der Waals surface area contributed by atoms with Crippen molar-refractivity contribution in [3.05, 3.63) is 46.6 Å². The maximum atomic E-state index is 12.7. The molecule has 12 nitrogen and oxygen atoms in total. The van der Waals surface area contributed by atoms with Crippen LogP contribution in [0, 0.1) is 0 Å². The summed E-state index contributed by atoms with van der Waals surface area (Å²) >= 11 is 0. The Hall–Kier alpha value is -3.84. The fraction of sp³-hybridized carbons (Fsp3) is 0.273. The third-order valence-electron chi connectivity index (χ3n) is 5.20. The van der Waals surface area contributed by atoms with Gasteiger partial charge in [0.2, 0.25) is 6.29 Å². The fourth-order valence-corrected chi connectivity index (χ4v) is 3.49. The van der Waals surface area contributed by atoms with Gasteiger partial charge in [-0.15, -0.1) is 0 Å². The standard InChI is InChI=1S/C22H20O12/c1-31-13-3-2-8(4-10(13)23)14-7-12(25)16-11(24)5-9(6-15(16)33-14)32-22-19(28)17(26)18(27)20(34-22)21(29)30/h2-7,17-20,22-24,26-28H,1H3,(H,29,30)/t17-,18-,19+,20-,22+/m0/s1/i1D3. The Morgan fingerprint density at radius 1 is 1.03 bits per heavy atom. The molecule has 0 spiro atoms. The van der Waals surface area contributed by atoms with E-state index in [4.69, 9.17) is 23.1 Å². The van der Waals surface area contributed by atoms with Crippen LogP contribution in [0.4, 0.5) is 0 Å². The zero-order valence-electron chi connectivity index (χ0n) is 20.0. The summed E-state index contributed by atoms with van der Waals surface area (Å²) in [6, 6.07) is 6.67. The second-order valence-electron chi connectivity index (χ2n) is 7.43. The van der Waals surface area contributed by atoms with Gasteiger partial charge in [-0.25, -0.2) is 4.79 Å². The number of rotatable bonds is 5. The summed E-state index contributed by atoms with van der Waals surface area (Å²) < 4.78 is 42.1. The molecular formula is C22H20O12. The first-order chi connectivity index (χ1) is 17.2. The van der Waals surface area contributed by atoms with Crippen LogP contribution in [-0.4, -0.2) is 74.4 Å². The highest BCUT2D eigenvalue weighted by Crippen LogP contribution is 2.35. The molecule has 1 saturated heterocycles. The smallest absolute Gasteiger partial charge is 0.335 e. The van der Waals surface area contributed by atoms with Crippen molar-refractivity contribution in [2.75, 3.05) is 7.04 Å². The molecule has 34 heavy (non-hydrogen) atoms. The van der Waals surface area contributed by atoms with Gasteiger partial charge < -0.3 is 49.3 Å². The van der Waals surface area contributed by atoms with Crippen molar-refractivity contribution in [2.45, 2.75) is 30.7 Å². The van der Waals surface area contributed by atoms with Crippen LogP contribution in [0.1, 0.15) is 4.11 Å². The zero-order valence-corrected chi connectivity index (χ0v) is 17.0. The van der Waals surface area contributed by atoms with Gasteiger partial charge in [0.1, 0.15) is 46.5 Å². The summed E-state index contributed by atoms with van der Waals surface area (Å²) in [4.78, 5) is 24.0. The fourth-order valence-electron chi connectivity index (χ4n) is 3.49. The summed E-state index contributed by atoms with van der Waals surface area (Å²) in [5.74, 6) is -3.46. The number of aromatic hydroxyl groups is 2. The second-order valence-corrected chi connectivity index (χ2v) is 7.43. The third kappa shape index (κ3) is 4.10. The molecule has 0 bridgehead atoms. The molecule has 180 valence electrons. The first-order valence-corrected chi connectivity index (χ1v) is 9.67. The molecule has 1 aliphatic heterocycles. The number of aliphatic carboxylic acids is 1. The molecule has 6 N–H and O–H groups in total. The summed E-state index contributed by atoms with van der Waals surface area (Å²) in [6.45, 7) is 0. The lowest BCUT2D eigenvalue weighted by Crippen LogP contribution is -2.61. The van der Waals surface area contributed by atoms with E-state index in [0.29, 0.717) is 0 Å². The molecule has 5 atom stereocenters. The van der Waals surface area contributed by atoms with E-state index in [1.807, 2.05) is 0 Å². The van der Waals surface area contributed by atoms with Crippen LogP contribution in [0.3, 0.4) is 0 Å². The first-order valence-electron chi connectivity index (χ1n) is 11.2. The van der Waals surface area contributed by atoms with Gasteiger partial charge >= 0.3 is 5.97 Å². The van der Waals surface area contributed by atoms with Crippen LogP contribution in [-0.2, 0) is 9.53 Å². The van der Waals surface area contributed by atoms with Crippen molar-refractivity contribution in [3.8, 4) is 34.3 Å². The highest BCUT2D eigenvalue weighted by atomic mass is 16.7. The number of hydrogen-bond donors (Lipinski definition) is 6. The largest absolute Gasteiger partial charge is 0.507 e. The molecule has 2 heterocycles. The minimum absolute atomic E-state index is 0.0942. The Morgan fingerprint density at radius 3 is 2.47 bits per heavy atom. The van der Waals surface area contributed by atoms with Crippen molar-refractivity contribution >= 4 is 16.9 Å². The van der Waals surface area contributed by atoms with Crippen LogP contribution in [0.25, 0.3) is 22.3 Å². The normalized spacial score (nSPS) is 26.3. The molecule has 4 rings (SSSR count). The van der Waals surface area contributed by atoms with E-state index in [0.717, 1.165) is 30.3 Å². The van der Waals surface area contributed by atoms with E-state index in [2.05, 4.69) is 4.74 Å². The zero-order chi connectivity index (χ0) is 27.2. The molecule has 0 saturated carbocycles. The SMILES string of the molecule is [2H]C([2H])([2H])Oc1ccc(-c2cc(=O)c3c(O)cc(O[C@@H]4O[C@H](C(=O)O)[C@@H](O)[C@H](O)[C@H]4O)cc3o2)cc1O. The van der Waals surface area contributed by atoms with E-state index in [1.54, 1.807) is 0 Å². The third-order valence-corrected chi connectivity index (χ3v) is 5.20. The first kappa shape index (κ1) is 19.6. The second kappa shape index (κ2) is 8.83. The number of phenols is 2. The number of carboxylic acids is 1. The van der Waals surface area contributed by atoms with Crippen LogP contribution in [0.15, 0.2) is 45.6 Å². The number of carboxylic acid groups (broad SMARTS) is 1. The lowest BCUT2D eigenvalue weighted by molar-refractivity contribution is -0.271. The minimum Gasteiger partial charge on any atom is -0.507 e. The molecule has 1 aromatic heterocycles. The number of phenolic OH excluding ortho intramolecular Hbond substituents is 2. The van der Waals surface area contributed by atoms with Gasteiger partial charge in [-0.3, -0.25) is 4.79 Å². The van der Waals surface area contributed by atoms with Gasteiger partial charge in [0.25, 0.3) is 0 Å². The monoisotopic (exact) mass is 479 g/mol. The Labute approximate surface area is 194 Å². The Bertz CT molecular complexity index is 1400. The molecular weight excluding hydrogens is 456 g/mol. The van der Waals surface area contributed by atoms with Crippen LogP contribution in [0.2, 0.25) is 0 Å². The number of hydrogen-bond acceptors (Lipinski definition) is 11. The number of carbonyl (C=O) groups is 1. The van der Waals surface area contributed by atoms with E-state index in [9.17, 15) is 35.1 Å². The predicted octanol–water partition coefficient (Wildman–Crippen LogP) is 0.151. The van der Waals surface area contributed by atoms with Crippen molar-refractivity contribution in [1.82, 2.24) is 0 Å². The number of fused-ring (bicyclic) bond motifs is 1. The number of ether oxygens (including phenoxy) is 3. The topological polar surface area (TPSA) is 196 Å². The molecule has 1 fully saturated rings. The number of aliphatic hydroxyl groups is 3. The molecule has 0 amide bonds. The van der Waals surface area contributed by atoms with Crippen molar-refractivity contribution in [2.24, 2.45) is 0 Å². The molecule has 3 aromatic rings. The van der Waals surface area contributed by atoms with E-state index in [1.165, 1.54) is 6.07 Å². The quantitative estimate of drug-likeness (QED) is 0.290. The van der Waals surface area contributed by atoms with E-state index < -0.39 is 60.6 Å². The lowest BCUT2D eigenvalue weighted by atomic mass is 9.99. The summed E-state index contributed by atoms with van der Waals surface area (Å²) in [6.07, 6.45) is -9.45. The predicted molar refractivity (Wildman–Crippen MR) is 113 cm³/mol. The number of aliphatic hydroxyl groups excluding tert-OH is 3. The molecule has 1 aliphatic rings. The van der Waals surface area contributed by atoms with Crippen molar-refractivity contribution in [1.29, 1.82) is 0 Å².